The van der Waals surface area contributed by atoms with Gasteiger partial charge in [-0.05, 0) is 31.2 Å². The molecule has 0 aliphatic carbocycles. The van der Waals surface area contributed by atoms with Gasteiger partial charge in [-0.1, -0.05) is 0 Å². The van der Waals surface area contributed by atoms with E-state index in [1.54, 1.807) is 24.4 Å². The first-order valence-corrected chi connectivity index (χ1v) is 8.57. The molecule has 0 saturated carbocycles. The van der Waals surface area contributed by atoms with E-state index in [-0.39, 0.29) is 11.4 Å². The molecule has 23 heavy (non-hydrogen) atoms. The second kappa shape index (κ2) is 7.69. The lowest BCUT2D eigenvalue weighted by Crippen LogP contribution is -2.34. The Morgan fingerprint density at radius 1 is 1.22 bits per heavy atom. The highest BCUT2D eigenvalue weighted by atomic mass is 32.2. The van der Waals surface area contributed by atoms with Gasteiger partial charge in [-0.25, -0.2) is 13.1 Å². The van der Waals surface area contributed by atoms with Crippen molar-refractivity contribution in [3.05, 3.63) is 30.5 Å². The average Bonchev–Trinajstić information content (AvgIpc) is 2.56. The number of hydrogen-bond donors (Lipinski definition) is 1. The molecule has 126 valence electrons. The topological polar surface area (TPSA) is 86.8 Å². The van der Waals surface area contributed by atoms with E-state index in [4.69, 9.17) is 14.2 Å². The van der Waals surface area contributed by atoms with Crippen molar-refractivity contribution in [1.29, 1.82) is 0 Å². The third-order valence-corrected chi connectivity index (χ3v) is 4.73. The molecular weight excluding hydrogens is 320 g/mol. The van der Waals surface area contributed by atoms with Crippen molar-refractivity contribution < 1.29 is 22.6 Å². The number of nitrogens with zero attached hydrogens (tertiary/aromatic N) is 1. The Balaban J connectivity index is 2.41. The maximum Gasteiger partial charge on any atom is 0.241 e. The molecule has 8 heteroatoms. The fourth-order valence-electron chi connectivity index (χ4n) is 2.15. The van der Waals surface area contributed by atoms with E-state index in [0.717, 1.165) is 0 Å². The first-order valence-electron chi connectivity index (χ1n) is 7.09. The molecule has 0 atom stereocenters. The number of sulfonamides is 1. The van der Waals surface area contributed by atoms with Crippen molar-refractivity contribution in [3.63, 3.8) is 0 Å². The zero-order valence-electron chi connectivity index (χ0n) is 13.3. The Hall–Kier alpha value is -1.74. The van der Waals surface area contributed by atoms with E-state index in [9.17, 15) is 8.42 Å². The summed E-state index contributed by atoms with van der Waals surface area (Å²) < 4.78 is 43.1. The van der Waals surface area contributed by atoms with Crippen LogP contribution in [0.25, 0.3) is 10.9 Å². The van der Waals surface area contributed by atoms with Crippen LogP contribution in [0.4, 0.5) is 0 Å². The minimum Gasteiger partial charge on any atom is -0.492 e. The number of pyridine rings is 1. The van der Waals surface area contributed by atoms with Crippen molar-refractivity contribution in [2.24, 2.45) is 0 Å². The summed E-state index contributed by atoms with van der Waals surface area (Å²) in [6.07, 6.45) is 0.942. The van der Waals surface area contributed by atoms with Crippen molar-refractivity contribution in [3.8, 4) is 5.75 Å². The summed E-state index contributed by atoms with van der Waals surface area (Å²) in [7, 11) is -0.853. The van der Waals surface area contributed by atoms with Crippen LogP contribution in [0.2, 0.25) is 0 Å². The largest absolute Gasteiger partial charge is 0.492 e. The standard InChI is InChI=1S/C15H20N2O5S/c1-4-22-12-7-8-13(11-6-5-9-16-15(11)12)23(18,19)17-10-14(20-2)21-3/h5-9,14,17H,4,10H2,1-3H3. The van der Waals surface area contributed by atoms with Crippen LogP contribution in [-0.2, 0) is 19.5 Å². The van der Waals surface area contributed by atoms with Crippen molar-refractivity contribution in [1.82, 2.24) is 9.71 Å². The lowest BCUT2D eigenvalue weighted by molar-refractivity contribution is -0.0960. The molecule has 0 bridgehead atoms. The molecule has 1 heterocycles. The minimum absolute atomic E-state index is 0.00427. The molecule has 1 N–H and O–H groups in total. The second-order valence-electron chi connectivity index (χ2n) is 4.65. The molecule has 1 aromatic heterocycles. The molecule has 0 saturated heterocycles. The fourth-order valence-corrected chi connectivity index (χ4v) is 3.36. The van der Waals surface area contributed by atoms with Crippen LogP contribution in [0.5, 0.6) is 5.75 Å². The highest BCUT2D eigenvalue weighted by molar-refractivity contribution is 7.89. The average molecular weight is 340 g/mol. The number of benzene rings is 1. The predicted octanol–water partition coefficient (Wildman–Crippen LogP) is 1.53. The van der Waals surface area contributed by atoms with Crippen molar-refractivity contribution in [2.45, 2.75) is 18.1 Å². The molecule has 2 aromatic rings. The highest BCUT2D eigenvalue weighted by Crippen LogP contribution is 2.29. The van der Waals surface area contributed by atoms with Crippen molar-refractivity contribution in [2.75, 3.05) is 27.4 Å². The van der Waals surface area contributed by atoms with E-state index in [1.165, 1.54) is 20.3 Å². The zero-order chi connectivity index (χ0) is 16.9. The second-order valence-corrected chi connectivity index (χ2v) is 6.38. The van der Waals surface area contributed by atoms with E-state index in [0.29, 0.717) is 23.3 Å². The minimum atomic E-state index is -3.74. The molecule has 7 nitrogen and oxygen atoms in total. The molecule has 0 fully saturated rings. The van der Waals surface area contributed by atoms with Crippen LogP contribution < -0.4 is 9.46 Å². The Kier molecular flexibility index (Phi) is 5.89. The molecule has 1 aromatic carbocycles. The molecular formula is C15H20N2O5S. The van der Waals surface area contributed by atoms with Crippen LogP contribution in [0.1, 0.15) is 6.92 Å². The van der Waals surface area contributed by atoms with E-state index < -0.39 is 16.3 Å². The summed E-state index contributed by atoms with van der Waals surface area (Å²) in [5.41, 5.74) is 0.507. The third-order valence-electron chi connectivity index (χ3n) is 3.25. The van der Waals surface area contributed by atoms with Gasteiger partial charge < -0.3 is 14.2 Å². The first-order chi connectivity index (χ1) is 11.0. The molecule has 0 aliphatic heterocycles. The number of hydrogen-bond acceptors (Lipinski definition) is 6. The number of ether oxygens (including phenoxy) is 3. The summed E-state index contributed by atoms with van der Waals surface area (Å²) in [6, 6.07) is 6.50. The normalized spacial score (nSPS) is 12.0. The monoisotopic (exact) mass is 340 g/mol. The lowest BCUT2D eigenvalue weighted by Gasteiger charge is -2.15. The van der Waals surface area contributed by atoms with Gasteiger partial charge in [-0.2, -0.15) is 0 Å². The van der Waals surface area contributed by atoms with Gasteiger partial charge in [-0.15, -0.1) is 0 Å². The predicted molar refractivity (Wildman–Crippen MR) is 85.9 cm³/mol. The number of aromatic nitrogens is 1. The van der Waals surface area contributed by atoms with Crippen LogP contribution in [-0.4, -0.2) is 47.1 Å². The third kappa shape index (κ3) is 3.97. The number of fused-ring (bicyclic) bond motifs is 1. The van der Waals surface area contributed by atoms with Crippen LogP contribution in [0.15, 0.2) is 35.4 Å². The Labute approximate surface area is 135 Å². The number of nitrogens with one attached hydrogen (secondary N) is 1. The van der Waals surface area contributed by atoms with Gasteiger partial charge in [0.1, 0.15) is 11.3 Å². The Morgan fingerprint density at radius 3 is 2.61 bits per heavy atom. The van der Waals surface area contributed by atoms with E-state index >= 15 is 0 Å². The van der Waals surface area contributed by atoms with Gasteiger partial charge in [0.2, 0.25) is 10.0 Å². The van der Waals surface area contributed by atoms with Gasteiger partial charge in [-0.3, -0.25) is 4.98 Å². The molecule has 0 unspecified atom stereocenters. The molecule has 0 amide bonds. The molecule has 0 spiro atoms. The van der Waals surface area contributed by atoms with Gasteiger partial charge in [0.15, 0.2) is 6.29 Å². The smallest absolute Gasteiger partial charge is 0.241 e. The molecule has 0 radical (unpaired) electrons. The van der Waals surface area contributed by atoms with Gasteiger partial charge in [0.25, 0.3) is 0 Å². The van der Waals surface area contributed by atoms with E-state index in [1.807, 2.05) is 6.92 Å². The zero-order valence-corrected chi connectivity index (χ0v) is 14.1. The maximum atomic E-state index is 12.6. The van der Waals surface area contributed by atoms with Crippen LogP contribution in [0, 0.1) is 0 Å². The number of rotatable bonds is 8. The lowest BCUT2D eigenvalue weighted by atomic mass is 10.2. The summed E-state index contributed by atoms with van der Waals surface area (Å²) in [5, 5.41) is 0.498. The molecule has 0 aliphatic rings. The van der Waals surface area contributed by atoms with Gasteiger partial charge in [0, 0.05) is 25.8 Å². The summed E-state index contributed by atoms with van der Waals surface area (Å²) in [4.78, 5) is 4.37. The SMILES string of the molecule is CCOc1ccc(S(=O)(=O)NCC(OC)OC)c2cccnc12. The Morgan fingerprint density at radius 2 is 1.96 bits per heavy atom. The first kappa shape index (κ1) is 17.6. The molecule has 2 rings (SSSR count). The van der Waals surface area contributed by atoms with Gasteiger partial charge >= 0.3 is 0 Å². The Bertz CT molecular complexity index is 760. The number of methoxy groups -OCH3 is 2. The van der Waals surface area contributed by atoms with Gasteiger partial charge in [0.05, 0.1) is 18.0 Å². The maximum absolute atomic E-state index is 12.6. The summed E-state index contributed by atoms with van der Waals surface area (Å²) in [5.74, 6) is 0.550. The van der Waals surface area contributed by atoms with Crippen LogP contribution in [0.3, 0.4) is 0 Å². The fraction of sp³-hybridized carbons (Fsp3) is 0.400. The van der Waals surface area contributed by atoms with E-state index in [2.05, 4.69) is 9.71 Å². The van der Waals surface area contributed by atoms with Crippen LogP contribution >= 0.6 is 0 Å². The summed E-state index contributed by atoms with van der Waals surface area (Å²) >= 11 is 0. The quantitative estimate of drug-likeness (QED) is 0.734. The summed E-state index contributed by atoms with van der Waals surface area (Å²) in [6.45, 7) is 2.33. The highest BCUT2D eigenvalue weighted by Gasteiger charge is 2.21. The van der Waals surface area contributed by atoms with Crippen molar-refractivity contribution >= 4 is 20.9 Å².